The van der Waals surface area contributed by atoms with Gasteiger partial charge in [-0.2, -0.15) is 0 Å². The van der Waals surface area contributed by atoms with Crippen LogP contribution in [0, 0.1) is 5.41 Å². The Hall–Kier alpha value is -1.34. The van der Waals surface area contributed by atoms with Gasteiger partial charge in [-0.05, 0) is 59.5 Å². The van der Waals surface area contributed by atoms with E-state index in [4.69, 9.17) is 4.74 Å². The molecule has 0 atom stereocenters. The van der Waals surface area contributed by atoms with Gasteiger partial charge in [-0.15, -0.1) is 0 Å². The molecule has 2 heterocycles. The molecule has 0 saturated carbocycles. The molecule has 7 heteroatoms. The van der Waals surface area contributed by atoms with Crippen LogP contribution in [0.2, 0.25) is 0 Å². The van der Waals surface area contributed by atoms with Crippen molar-refractivity contribution in [2.75, 3.05) is 26.2 Å². The molecule has 0 aromatic rings. The number of carboxylic acid groups (broad SMARTS) is 1. The number of rotatable bonds is 2. The van der Waals surface area contributed by atoms with Crippen molar-refractivity contribution >= 4 is 12.1 Å². The quantitative estimate of drug-likeness (QED) is 0.704. The van der Waals surface area contributed by atoms with Crippen LogP contribution in [0.4, 0.5) is 4.79 Å². The normalized spacial score (nSPS) is 24.1. The second-order valence-corrected chi connectivity index (χ2v) is 7.64. The molecule has 2 fully saturated rings. The van der Waals surface area contributed by atoms with E-state index in [0.717, 1.165) is 0 Å². The molecule has 7 nitrogen and oxygen atoms in total. The second-order valence-electron chi connectivity index (χ2n) is 7.64. The molecule has 1 amide bonds. The Balaban J connectivity index is 2.06. The summed E-state index contributed by atoms with van der Waals surface area (Å²) in [5, 5.41) is 23.9. The second kappa shape index (κ2) is 6.28. The summed E-state index contributed by atoms with van der Waals surface area (Å²) < 4.78 is 5.34. The Bertz CT molecular complexity index is 458. The summed E-state index contributed by atoms with van der Waals surface area (Å²) >= 11 is 0. The van der Waals surface area contributed by atoms with Crippen LogP contribution in [-0.2, 0) is 9.53 Å². The number of amides is 1. The fourth-order valence-electron chi connectivity index (χ4n) is 3.60. The molecule has 23 heavy (non-hydrogen) atoms. The first kappa shape index (κ1) is 18.0. The molecule has 2 rings (SSSR count). The number of aliphatic carboxylic acids is 1. The molecule has 2 saturated heterocycles. The van der Waals surface area contributed by atoms with Crippen LogP contribution >= 0.6 is 0 Å². The molecular weight excluding hydrogens is 300 g/mol. The number of nitrogens with one attached hydrogen (secondary N) is 1. The Morgan fingerprint density at radius 3 is 2.04 bits per heavy atom. The summed E-state index contributed by atoms with van der Waals surface area (Å²) in [6.07, 6.45) is 0.933. The highest BCUT2D eigenvalue weighted by Crippen LogP contribution is 2.46. The zero-order chi connectivity index (χ0) is 17.3. The highest BCUT2D eigenvalue weighted by atomic mass is 16.6. The number of ether oxygens (including phenoxy) is 1. The number of likely N-dealkylation sites (tertiary alicyclic amines) is 1. The maximum absolute atomic E-state index is 12.1. The smallest absolute Gasteiger partial charge is 0.410 e. The number of carboxylic acids is 1. The van der Waals surface area contributed by atoms with Gasteiger partial charge in [0.2, 0.25) is 0 Å². The van der Waals surface area contributed by atoms with Gasteiger partial charge in [-0.3, -0.25) is 4.79 Å². The minimum absolute atomic E-state index is 0.262. The molecule has 3 N–H and O–H groups in total. The van der Waals surface area contributed by atoms with Gasteiger partial charge in [0, 0.05) is 13.1 Å². The fraction of sp³-hybridized carbons (Fsp3) is 0.875. The lowest BCUT2D eigenvalue weighted by molar-refractivity contribution is -0.181. The van der Waals surface area contributed by atoms with E-state index in [1.165, 1.54) is 0 Å². The molecule has 0 bridgehead atoms. The van der Waals surface area contributed by atoms with Crippen molar-refractivity contribution in [1.82, 2.24) is 10.2 Å². The zero-order valence-corrected chi connectivity index (χ0v) is 14.2. The Labute approximate surface area is 137 Å². The Morgan fingerprint density at radius 1 is 1.09 bits per heavy atom. The summed E-state index contributed by atoms with van der Waals surface area (Å²) in [6.45, 7) is 7.22. The van der Waals surface area contributed by atoms with Gasteiger partial charge >= 0.3 is 12.1 Å². The van der Waals surface area contributed by atoms with Crippen molar-refractivity contribution in [1.29, 1.82) is 0 Å². The fourth-order valence-corrected chi connectivity index (χ4v) is 3.60. The van der Waals surface area contributed by atoms with Crippen LogP contribution in [0.5, 0.6) is 0 Å². The summed E-state index contributed by atoms with van der Waals surface area (Å²) in [7, 11) is 0. The monoisotopic (exact) mass is 328 g/mol. The van der Waals surface area contributed by atoms with Crippen LogP contribution in [-0.4, -0.2) is 64.6 Å². The third kappa shape index (κ3) is 3.61. The molecule has 0 aromatic carbocycles. The van der Waals surface area contributed by atoms with Gasteiger partial charge in [0.25, 0.3) is 0 Å². The van der Waals surface area contributed by atoms with Crippen molar-refractivity contribution in [3.8, 4) is 0 Å². The molecule has 0 unspecified atom stereocenters. The number of nitrogens with zero attached hydrogens (tertiary/aromatic N) is 1. The van der Waals surface area contributed by atoms with Crippen molar-refractivity contribution in [3.05, 3.63) is 0 Å². The van der Waals surface area contributed by atoms with Crippen LogP contribution < -0.4 is 5.32 Å². The lowest BCUT2D eigenvalue weighted by Gasteiger charge is -2.50. The van der Waals surface area contributed by atoms with Crippen LogP contribution in [0.3, 0.4) is 0 Å². The molecule has 2 aliphatic heterocycles. The number of carbonyl (C=O) groups excluding carboxylic acids is 1. The van der Waals surface area contributed by atoms with Crippen molar-refractivity contribution in [2.24, 2.45) is 5.41 Å². The van der Waals surface area contributed by atoms with Crippen molar-refractivity contribution in [2.45, 2.75) is 57.7 Å². The van der Waals surface area contributed by atoms with Gasteiger partial charge in [-0.25, -0.2) is 4.79 Å². The number of aliphatic hydroxyl groups is 1. The molecule has 0 aromatic heterocycles. The first-order chi connectivity index (χ1) is 10.6. The summed E-state index contributed by atoms with van der Waals surface area (Å²) in [5.41, 5.74) is -2.97. The van der Waals surface area contributed by atoms with E-state index >= 15 is 0 Å². The predicted octanol–water partition coefficient (Wildman–Crippen LogP) is 1.20. The summed E-state index contributed by atoms with van der Waals surface area (Å²) in [6, 6.07) is 0. The lowest BCUT2D eigenvalue weighted by Crippen LogP contribution is -2.62. The largest absolute Gasteiger partial charge is 0.481 e. The third-order valence-electron chi connectivity index (χ3n) is 5.00. The first-order valence-electron chi connectivity index (χ1n) is 8.24. The zero-order valence-electron chi connectivity index (χ0n) is 14.2. The average Bonchev–Trinajstić information content (AvgIpc) is 2.46. The minimum atomic E-state index is -1.28. The number of piperidine rings is 2. The Morgan fingerprint density at radius 2 is 1.61 bits per heavy atom. The van der Waals surface area contributed by atoms with E-state index in [0.29, 0.717) is 39.0 Å². The van der Waals surface area contributed by atoms with Crippen LogP contribution in [0.15, 0.2) is 0 Å². The standard InChI is InChI=1S/C16H28N2O5/c1-14(2,3)23-13(21)18-10-6-16(22,7-11-18)15(12(19)20)4-8-17-9-5-15/h17,22H,4-11H2,1-3H3,(H,19,20). The highest BCUT2D eigenvalue weighted by molar-refractivity contribution is 5.77. The summed E-state index contributed by atoms with van der Waals surface area (Å²) in [4.78, 5) is 25.6. The van der Waals surface area contributed by atoms with E-state index < -0.39 is 28.7 Å². The molecule has 0 aliphatic carbocycles. The Kier molecular flexibility index (Phi) is 4.92. The van der Waals surface area contributed by atoms with E-state index in [9.17, 15) is 19.8 Å². The van der Waals surface area contributed by atoms with Gasteiger partial charge in [-0.1, -0.05) is 0 Å². The van der Waals surface area contributed by atoms with Crippen LogP contribution in [0.1, 0.15) is 46.5 Å². The number of hydrogen-bond acceptors (Lipinski definition) is 5. The number of hydrogen-bond donors (Lipinski definition) is 3. The highest BCUT2D eigenvalue weighted by Gasteiger charge is 2.57. The first-order valence-corrected chi connectivity index (χ1v) is 8.24. The molecule has 2 aliphatic rings. The average molecular weight is 328 g/mol. The number of carbonyl (C=O) groups is 2. The van der Waals surface area contributed by atoms with Gasteiger partial charge in [0.15, 0.2) is 0 Å². The van der Waals surface area contributed by atoms with Crippen molar-refractivity contribution < 1.29 is 24.5 Å². The van der Waals surface area contributed by atoms with Crippen molar-refractivity contribution in [3.63, 3.8) is 0 Å². The van der Waals surface area contributed by atoms with E-state index in [-0.39, 0.29) is 12.8 Å². The topological polar surface area (TPSA) is 99.1 Å². The maximum atomic E-state index is 12.1. The lowest BCUT2D eigenvalue weighted by atomic mass is 9.62. The van der Waals surface area contributed by atoms with E-state index in [2.05, 4.69) is 5.32 Å². The predicted molar refractivity (Wildman–Crippen MR) is 84.2 cm³/mol. The SMILES string of the molecule is CC(C)(C)OC(=O)N1CCC(O)(C2(C(=O)O)CCNCC2)CC1. The maximum Gasteiger partial charge on any atom is 0.410 e. The molecule has 0 spiro atoms. The van der Waals surface area contributed by atoms with Gasteiger partial charge < -0.3 is 25.2 Å². The summed E-state index contributed by atoms with van der Waals surface area (Å²) in [5.74, 6) is -0.938. The van der Waals surface area contributed by atoms with E-state index in [1.807, 2.05) is 0 Å². The third-order valence-corrected chi connectivity index (χ3v) is 5.00. The minimum Gasteiger partial charge on any atom is -0.481 e. The van der Waals surface area contributed by atoms with E-state index in [1.54, 1.807) is 25.7 Å². The molecular formula is C16H28N2O5. The molecule has 132 valence electrons. The molecule has 0 radical (unpaired) electrons. The van der Waals surface area contributed by atoms with Gasteiger partial charge in [0.05, 0.1) is 11.0 Å². The van der Waals surface area contributed by atoms with Crippen LogP contribution in [0.25, 0.3) is 0 Å². The van der Waals surface area contributed by atoms with Gasteiger partial charge in [0.1, 0.15) is 5.60 Å².